The fourth-order valence-electron chi connectivity index (χ4n) is 2.13. The van der Waals surface area contributed by atoms with Gasteiger partial charge in [0.1, 0.15) is 12.4 Å². The SMILES string of the molecule is NC(=O)c1cccc(CCNC(=O)NCCOc2ccc(Cl)cc2)c1. The van der Waals surface area contributed by atoms with E-state index in [9.17, 15) is 9.59 Å². The summed E-state index contributed by atoms with van der Waals surface area (Å²) in [5.41, 5.74) is 6.63. The van der Waals surface area contributed by atoms with Gasteiger partial charge in [-0.25, -0.2) is 4.79 Å². The van der Waals surface area contributed by atoms with Crippen molar-refractivity contribution in [2.75, 3.05) is 19.7 Å². The van der Waals surface area contributed by atoms with Gasteiger partial charge in [-0.1, -0.05) is 23.7 Å². The Morgan fingerprint density at radius 1 is 1.04 bits per heavy atom. The second kappa shape index (κ2) is 9.54. The largest absolute Gasteiger partial charge is 0.492 e. The molecular formula is C18H20ClN3O3. The van der Waals surface area contributed by atoms with Gasteiger partial charge >= 0.3 is 6.03 Å². The van der Waals surface area contributed by atoms with Crippen molar-refractivity contribution in [2.24, 2.45) is 5.73 Å². The van der Waals surface area contributed by atoms with Crippen LogP contribution >= 0.6 is 11.6 Å². The molecule has 0 saturated heterocycles. The first-order valence-electron chi connectivity index (χ1n) is 7.83. The van der Waals surface area contributed by atoms with E-state index in [2.05, 4.69) is 10.6 Å². The molecule has 0 aliphatic carbocycles. The van der Waals surface area contributed by atoms with Crippen LogP contribution in [0.25, 0.3) is 0 Å². The molecule has 3 amide bonds. The Labute approximate surface area is 151 Å². The Bertz CT molecular complexity index is 720. The number of carbonyl (C=O) groups excluding carboxylic acids is 2. The number of benzene rings is 2. The molecule has 25 heavy (non-hydrogen) atoms. The van der Waals surface area contributed by atoms with E-state index in [1.54, 1.807) is 42.5 Å². The van der Waals surface area contributed by atoms with Gasteiger partial charge in [-0.15, -0.1) is 0 Å². The third-order valence-corrected chi connectivity index (χ3v) is 3.63. The number of hydrogen-bond acceptors (Lipinski definition) is 3. The van der Waals surface area contributed by atoms with Gasteiger partial charge < -0.3 is 21.1 Å². The molecule has 132 valence electrons. The van der Waals surface area contributed by atoms with Crippen LogP contribution in [0.5, 0.6) is 5.75 Å². The molecule has 0 aliphatic heterocycles. The first-order valence-corrected chi connectivity index (χ1v) is 8.21. The van der Waals surface area contributed by atoms with Crippen molar-refractivity contribution in [3.63, 3.8) is 0 Å². The molecule has 0 radical (unpaired) electrons. The lowest BCUT2D eigenvalue weighted by molar-refractivity contribution is 0.1000. The number of nitrogens with two attached hydrogens (primary N) is 1. The van der Waals surface area contributed by atoms with E-state index in [0.717, 1.165) is 5.56 Å². The number of halogens is 1. The summed E-state index contributed by atoms with van der Waals surface area (Å²) in [5, 5.41) is 6.10. The molecule has 0 spiro atoms. The molecule has 0 saturated carbocycles. The van der Waals surface area contributed by atoms with Gasteiger partial charge in [0.05, 0.1) is 6.54 Å². The lowest BCUT2D eigenvalue weighted by Crippen LogP contribution is -2.38. The monoisotopic (exact) mass is 361 g/mol. The normalized spacial score (nSPS) is 10.1. The van der Waals surface area contributed by atoms with E-state index in [1.165, 1.54) is 0 Å². The zero-order chi connectivity index (χ0) is 18.1. The summed E-state index contributed by atoms with van der Waals surface area (Å²) in [6, 6.07) is 13.8. The second-order valence-corrected chi connectivity index (χ2v) is 5.74. The molecule has 7 heteroatoms. The van der Waals surface area contributed by atoms with Gasteiger partial charge in [0.2, 0.25) is 5.91 Å². The van der Waals surface area contributed by atoms with Crippen molar-refractivity contribution in [1.29, 1.82) is 0 Å². The van der Waals surface area contributed by atoms with Crippen molar-refractivity contribution in [1.82, 2.24) is 10.6 Å². The van der Waals surface area contributed by atoms with E-state index >= 15 is 0 Å². The van der Waals surface area contributed by atoms with Gasteiger partial charge in [0, 0.05) is 17.1 Å². The van der Waals surface area contributed by atoms with Crippen molar-refractivity contribution < 1.29 is 14.3 Å². The Balaban J connectivity index is 1.61. The number of nitrogens with one attached hydrogen (secondary N) is 2. The Hall–Kier alpha value is -2.73. The molecule has 2 aromatic carbocycles. The van der Waals surface area contributed by atoms with E-state index in [4.69, 9.17) is 22.1 Å². The molecule has 0 unspecified atom stereocenters. The number of primary amides is 1. The van der Waals surface area contributed by atoms with Crippen LogP contribution in [0.1, 0.15) is 15.9 Å². The fraction of sp³-hybridized carbons (Fsp3) is 0.222. The molecule has 0 fully saturated rings. The van der Waals surface area contributed by atoms with E-state index in [1.807, 2.05) is 6.07 Å². The summed E-state index contributed by atoms with van der Waals surface area (Å²) in [4.78, 5) is 22.8. The zero-order valence-electron chi connectivity index (χ0n) is 13.6. The van der Waals surface area contributed by atoms with Crippen LogP contribution in [0.4, 0.5) is 4.79 Å². The highest BCUT2D eigenvalue weighted by Gasteiger charge is 2.03. The average Bonchev–Trinajstić information content (AvgIpc) is 2.60. The predicted molar refractivity (Wildman–Crippen MR) is 97.0 cm³/mol. The minimum absolute atomic E-state index is 0.272. The molecule has 0 aliphatic rings. The van der Waals surface area contributed by atoms with Crippen LogP contribution in [0.3, 0.4) is 0 Å². The quantitative estimate of drug-likeness (QED) is 0.630. The highest BCUT2D eigenvalue weighted by molar-refractivity contribution is 6.30. The highest BCUT2D eigenvalue weighted by atomic mass is 35.5. The molecule has 2 aromatic rings. The minimum Gasteiger partial charge on any atom is -0.492 e. The van der Waals surface area contributed by atoms with Gasteiger partial charge in [-0.2, -0.15) is 0 Å². The molecule has 0 atom stereocenters. The lowest BCUT2D eigenvalue weighted by atomic mass is 10.1. The number of hydrogen-bond donors (Lipinski definition) is 3. The summed E-state index contributed by atoms with van der Waals surface area (Å²) < 4.78 is 5.48. The fourth-order valence-corrected chi connectivity index (χ4v) is 2.25. The van der Waals surface area contributed by atoms with Crippen LogP contribution in [-0.4, -0.2) is 31.6 Å². The van der Waals surface area contributed by atoms with E-state index < -0.39 is 5.91 Å². The lowest BCUT2D eigenvalue weighted by Gasteiger charge is -2.09. The van der Waals surface area contributed by atoms with Crippen molar-refractivity contribution in [3.05, 3.63) is 64.7 Å². The van der Waals surface area contributed by atoms with Crippen molar-refractivity contribution in [3.8, 4) is 5.75 Å². The highest BCUT2D eigenvalue weighted by Crippen LogP contribution is 2.15. The van der Waals surface area contributed by atoms with Gasteiger partial charge in [0.25, 0.3) is 0 Å². The standard InChI is InChI=1S/C18H20ClN3O3/c19-15-4-6-16(7-5-15)25-11-10-22-18(24)21-9-8-13-2-1-3-14(12-13)17(20)23/h1-7,12H,8-11H2,(H2,20,23)(H2,21,22,24). The summed E-state index contributed by atoms with van der Waals surface area (Å²) >= 11 is 5.79. The third-order valence-electron chi connectivity index (χ3n) is 3.38. The van der Waals surface area contributed by atoms with Gasteiger partial charge in [-0.05, 0) is 48.4 Å². The van der Waals surface area contributed by atoms with Crippen LogP contribution in [0.2, 0.25) is 5.02 Å². The number of urea groups is 1. The maximum Gasteiger partial charge on any atom is 0.314 e. The van der Waals surface area contributed by atoms with Crippen LogP contribution in [0.15, 0.2) is 48.5 Å². The predicted octanol–water partition coefficient (Wildman–Crippen LogP) is 2.36. The smallest absolute Gasteiger partial charge is 0.314 e. The number of carbonyl (C=O) groups is 2. The average molecular weight is 362 g/mol. The topological polar surface area (TPSA) is 93.5 Å². The van der Waals surface area contributed by atoms with Crippen molar-refractivity contribution in [2.45, 2.75) is 6.42 Å². The molecule has 2 rings (SSSR count). The summed E-state index contributed by atoms with van der Waals surface area (Å²) in [6.07, 6.45) is 0.607. The first-order chi connectivity index (χ1) is 12.0. The van der Waals surface area contributed by atoms with Gasteiger partial charge in [-0.3, -0.25) is 4.79 Å². The van der Waals surface area contributed by atoms with Crippen LogP contribution < -0.4 is 21.1 Å². The summed E-state index contributed by atoms with van der Waals surface area (Å²) in [5.74, 6) is 0.231. The second-order valence-electron chi connectivity index (χ2n) is 5.30. The summed E-state index contributed by atoms with van der Waals surface area (Å²) in [6.45, 7) is 1.19. The Kier molecular flexibility index (Phi) is 7.10. The Morgan fingerprint density at radius 3 is 2.48 bits per heavy atom. The number of ether oxygens (including phenoxy) is 1. The third kappa shape index (κ3) is 6.73. The molecule has 0 bridgehead atoms. The Morgan fingerprint density at radius 2 is 1.76 bits per heavy atom. The molecular weight excluding hydrogens is 342 g/mol. The number of amides is 3. The van der Waals surface area contributed by atoms with Crippen molar-refractivity contribution >= 4 is 23.5 Å². The zero-order valence-corrected chi connectivity index (χ0v) is 14.4. The molecule has 0 aromatic heterocycles. The van der Waals surface area contributed by atoms with E-state index in [0.29, 0.717) is 42.5 Å². The van der Waals surface area contributed by atoms with E-state index in [-0.39, 0.29) is 6.03 Å². The maximum absolute atomic E-state index is 11.7. The maximum atomic E-state index is 11.7. The van der Waals surface area contributed by atoms with Crippen LogP contribution in [0, 0.1) is 0 Å². The number of rotatable bonds is 8. The molecule has 4 N–H and O–H groups in total. The first kappa shape index (κ1) is 18.6. The summed E-state index contributed by atoms with van der Waals surface area (Å²) in [7, 11) is 0. The van der Waals surface area contributed by atoms with Crippen LogP contribution in [-0.2, 0) is 6.42 Å². The minimum atomic E-state index is -0.465. The molecule has 6 nitrogen and oxygen atoms in total. The molecule has 0 heterocycles. The van der Waals surface area contributed by atoms with Gasteiger partial charge in [0.15, 0.2) is 0 Å².